The number of phenols is 1. The molecule has 8 heteroatoms. The fourth-order valence-electron chi connectivity index (χ4n) is 7.01. The second kappa shape index (κ2) is 10.8. The number of allylic oxidation sites excluding steroid dienone is 7. The first-order valence-electron chi connectivity index (χ1n) is 14.5. The molecule has 1 saturated heterocycles. The zero-order valence-electron chi connectivity index (χ0n) is 24.5. The number of hydrogen-bond acceptors (Lipinski definition) is 7. The summed E-state index contributed by atoms with van der Waals surface area (Å²) >= 11 is 0. The molecule has 2 amide bonds. The molecule has 2 aromatic rings. The van der Waals surface area contributed by atoms with Crippen LogP contribution in [-0.2, 0) is 25.6 Å². The van der Waals surface area contributed by atoms with Gasteiger partial charge in [0.15, 0.2) is 23.1 Å². The van der Waals surface area contributed by atoms with Gasteiger partial charge in [0.1, 0.15) is 0 Å². The Bertz CT molecular complexity index is 1670. The van der Waals surface area contributed by atoms with Gasteiger partial charge in [-0.1, -0.05) is 42.9 Å². The zero-order valence-corrected chi connectivity index (χ0v) is 24.5. The van der Waals surface area contributed by atoms with Gasteiger partial charge in [-0.15, -0.1) is 0 Å². The molecule has 0 bridgehead atoms. The Morgan fingerprint density at radius 3 is 2.28 bits per heavy atom. The van der Waals surface area contributed by atoms with Gasteiger partial charge in [-0.2, -0.15) is 0 Å². The number of anilines is 1. The van der Waals surface area contributed by atoms with Crippen molar-refractivity contribution in [2.45, 2.75) is 33.1 Å². The highest BCUT2D eigenvalue weighted by molar-refractivity contribution is 6.24. The predicted molar refractivity (Wildman–Crippen MR) is 161 cm³/mol. The molecule has 4 atom stereocenters. The summed E-state index contributed by atoms with van der Waals surface area (Å²) in [4.78, 5) is 55.8. The van der Waals surface area contributed by atoms with Crippen molar-refractivity contribution < 1.29 is 33.8 Å². The Morgan fingerprint density at radius 2 is 1.65 bits per heavy atom. The number of ketones is 2. The van der Waals surface area contributed by atoms with Crippen molar-refractivity contribution in [1.29, 1.82) is 0 Å². The average molecular weight is 580 g/mol. The molecule has 1 heterocycles. The number of phenolic OH excluding ortho intramolecular Hbond substituents is 1. The second-order valence-electron chi connectivity index (χ2n) is 11.4. The molecular formula is C35H33NO7. The molecule has 6 rings (SSSR count). The van der Waals surface area contributed by atoms with Crippen molar-refractivity contribution in [3.63, 3.8) is 0 Å². The summed E-state index contributed by atoms with van der Waals surface area (Å²) in [5.74, 6) is -2.74. The SMILES string of the molecule is CCc1ccc(N2C(=O)[C@H]3[C@H](CC=C4[C@H](C=Cc5cc(OC)c(O)c(OC)c5)C5=C(C[C@H]43)C(=O)C(C)=CC5=O)C2=O)cc1. The first kappa shape index (κ1) is 28.4. The number of hydrogen-bond donors (Lipinski definition) is 1. The fourth-order valence-corrected chi connectivity index (χ4v) is 7.01. The lowest BCUT2D eigenvalue weighted by Gasteiger charge is -2.41. The lowest BCUT2D eigenvalue weighted by molar-refractivity contribution is -0.123. The monoisotopic (exact) mass is 579 g/mol. The largest absolute Gasteiger partial charge is 0.502 e. The van der Waals surface area contributed by atoms with E-state index < -0.39 is 23.7 Å². The minimum absolute atomic E-state index is 0.127. The molecule has 43 heavy (non-hydrogen) atoms. The topological polar surface area (TPSA) is 110 Å². The standard InChI is InChI=1S/C35H33NO7/c1-5-19-6-9-21(10-7-19)36-34(40)24-13-12-22-23(11-8-20-15-28(42-3)33(39)29(16-20)43-4)30-26(17-25(22)31(24)35(36)41)32(38)18(2)14-27(30)37/h6-12,14-16,23-25,31,39H,5,13,17H2,1-4H3/t23-,24-,25+,31-/m0/s1. The van der Waals surface area contributed by atoms with E-state index in [1.54, 1.807) is 25.1 Å². The van der Waals surface area contributed by atoms with Crippen molar-refractivity contribution >= 4 is 35.1 Å². The van der Waals surface area contributed by atoms with E-state index in [1.807, 2.05) is 43.3 Å². The quantitative estimate of drug-likeness (QED) is 0.286. The lowest BCUT2D eigenvalue weighted by atomic mass is 9.60. The molecule has 1 fully saturated rings. The molecule has 2 aromatic carbocycles. The number of nitrogens with zero attached hydrogens (tertiary/aromatic N) is 1. The van der Waals surface area contributed by atoms with E-state index in [-0.39, 0.29) is 47.1 Å². The molecule has 0 saturated carbocycles. The number of ether oxygens (including phenoxy) is 2. The summed E-state index contributed by atoms with van der Waals surface area (Å²) in [6.45, 7) is 3.67. The highest BCUT2D eigenvalue weighted by atomic mass is 16.5. The predicted octanol–water partition coefficient (Wildman–Crippen LogP) is 5.15. The maximum atomic E-state index is 14.0. The Labute approximate surface area is 250 Å². The normalized spacial score (nSPS) is 25.0. The number of aromatic hydroxyl groups is 1. The Balaban J connectivity index is 1.42. The van der Waals surface area contributed by atoms with Crippen LogP contribution in [0, 0.1) is 23.7 Å². The molecule has 3 aliphatic carbocycles. The molecule has 0 spiro atoms. The van der Waals surface area contributed by atoms with E-state index in [9.17, 15) is 24.3 Å². The van der Waals surface area contributed by atoms with Crippen molar-refractivity contribution in [3.8, 4) is 17.2 Å². The molecule has 0 unspecified atom stereocenters. The molecule has 8 nitrogen and oxygen atoms in total. The minimum atomic E-state index is -0.633. The third-order valence-electron chi connectivity index (χ3n) is 9.20. The Hall–Kier alpha value is -4.72. The first-order chi connectivity index (χ1) is 20.7. The number of amides is 2. The molecule has 1 N–H and O–H groups in total. The van der Waals surface area contributed by atoms with E-state index in [1.165, 1.54) is 25.2 Å². The van der Waals surface area contributed by atoms with Gasteiger partial charge in [0.05, 0.1) is 31.7 Å². The maximum absolute atomic E-state index is 14.0. The van der Waals surface area contributed by atoms with Gasteiger partial charge in [0.25, 0.3) is 0 Å². The molecule has 0 aromatic heterocycles. The number of carbonyl (C=O) groups is 4. The van der Waals surface area contributed by atoms with Crippen LogP contribution in [0.3, 0.4) is 0 Å². The van der Waals surface area contributed by atoms with E-state index in [0.717, 1.165) is 17.6 Å². The number of rotatable bonds is 6. The van der Waals surface area contributed by atoms with Gasteiger partial charge < -0.3 is 14.6 Å². The Morgan fingerprint density at radius 1 is 0.977 bits per heavy atom. The van der Waals surface area contributed by atoms with Gasteiger partial charge in [-0.05, 0) is 73.6 Å². The number of methoxy groups -OCH3 is 2. The third-order valence-corrected chi connectivity index (χ3v) is 9.20. The van der Waals surface area contributed by atoms with Crippen LogP contribution in [0.2, 0.25) is 0 Å². The fraction of sp³-hybridized carbons (Fsp3) is 0.314. The van der Waals surface area contributed by atoms with Crippen LogP contribution in [0.15, 0.2) is 76.9 Å². The van der Waals surface area contributed by atoms with E-state index >= 15 is 0 Å². The van der Waals surface area contributed by atoms with E-state index in [0.29, 0.717) is 34.4 Å². The number of aryl methyl sites for hydroxylation is 1. The summed E-state index contributed by atoms with van der Waals surface area (Å²) < 4.78 is 10.6. The van der Waals surface area contributed by atoms with E-state index in [2.05, 4.69) is 0 Å². The molecule has 4 aliphatic rings. The van der Waals surface area contributed by atoms with Crippen molar-refractivity contribution in [1.82, 2.24) is 0 Å². The Kier molecular flexibility index (Phi) is 7.16. The second-order valence-corrected chi connectivity index (χ2v) is 11.4. The van der Waals surface area contributed by atoms with Crippen molar-refractivity contribution in [2.75, 3.05) is 19.1 Å². The number of benzene rings is 2. The van der Waals surface area contributed by atoms with Gasteiger partial charge >= 0.3 is 0 Å². The zero-order chi connectivity index (χ0) is 30.6. The number of carbonyl (C=O) groups excluding carboxylic acids is 4. The smallest absolute Gasteiger partial charge is 0.238 e. The van der Waals surface area contributed by atoms with Crippen LogP contribution in [0.25, 0.3) is 6.08 Å². The van der Waals surface area contributed by atoms with Crippen LogP contribution < -0.4 is 14.4 Å². The van der Waals surface area contributed by atoms with Gasteiger partial charge in [0.2, 0.25) is 17.6 Å². The van der Waals surface area contributed by atoms with Crippen molar-refractivity contribution in [2.24, 2.45) is 23.7 Å². The van der Waals surface area contributed by atoms with Crippen LogP contribution in [-0.4, -0.2) is 42.7 Å². The van der Waals surface area contributed by atoms with Gasteiger partial charge in [-0.25, -0.2) is 0 Å². The minimum Gasteiger partial charge on any atom is -0.502 e. The summed E-state index contributed by atoms with van der Waals surface area (Å²) in [5, 5.41) is 10.3. The average Bonchev–Trinajstić information content (AvgIpc) is 3.27. The lowest BCUT2D eigenvalue weighted by Crippen LogP contribution is -2.40. The van der Waals surface area contributed by atoms with Crippen LogP contribution >= 0.6 is 0 Å². The van der Waals surface area contributed by atoms with Crippen LogP contribution in [0.5, 0.6) is 17.2 Å². The summed E-state index contributed by atoms with van der Waals surface area (Å²) in [6, 6.07) is 10.8. The number of Topliss-reactive ketones (excluding diaryl/α,β-unsaturated/α-hetero) is 1. The summed E-state index contributed by atoms with van der Waals surface area (Å²) in [6.07, 6.45) is 8.45. The molecule has 1 aliphatic heterocycles. The highest BCUT2D eigenvalue weighted by Crippen LogP contribution is 2.53. The van der Waals surface area contributed by atoms with Crippen LogP contribution in [0.1, 0.15) is 37.8 Å². The van der Waals surface area contributed by atoms with E-state index in [4.69, 9.17) is 9.47 Å². The van der Waals surface area contributed by atoms with Crippen LogP contribution in [0.4, 0.5) is 5.69 Å². The number of imide groups is 1. The molecule has 0 radical (unpaired) electrons. The van der Waals surface area contributed by atoms with Crippen molar-refractivity contribution in [3.05, 3.63) is 88.0 Å². The first-order valence-corrected chi connectivity index (χ1v) is 14.5. The third kappa shape index (κ3) is 4.52. The molecular weight excluding hydrogens is 546 g/mol. The summed E-state index contributed by atoms with van der Waals surface area (Å²) in [5.41, 5.74) is 4.37. The van der Waals surface area contributed by atoms with Gasteiger partial charge in [0, 0.05) is 22.6 Å². The number of fused-ring (bicyclic) bond motifs is 3. The molecule has 220 valence electrons. The van der Waals surface area contributed by atoms with Gasteiger partial charge in [-0.3, -0.25) is 24.1 Å². The maximum Gasteiger partial charge on any atom is 0.238 e. The highest BCUT2D eigenvalue weighted by Gasteiger charge is 2.56. The summed E-state index contributed by atoms with van der Waals surface area (Å²) in [7, 11) is 2.88.